The zero-order valence-corrected chi connectivity index (χ0v) is 12.3. The Labute approximate surface area is 123 Å². The third kappa shape index (κ3) is 2.94. The molecule has 0 aromatic carbocycles. The molecule has 6 heteroatoms. The molecule has 2 heterocycles. The third-order valence-electron chi connectivity index (χ3n) is 3.82. The van der Waals surface area contributed by atoms with E-state index in [0.717, 1.165) is 36.5 Å². The molecule has 0 atom stereocenters. The Morgan fingerprint density at radius 3 is 2.62 bits per heavy atom. The first-order valence-electron chi connectivity index (χ1n) is 7.30. The molecule has 1 amide bonds. The van der Waals surface area contributed by atoms with E-state index in [1.54, 1.807) is 18.6 Å². The summed E-state index contributed by atoms with van der Waals surface area (Å²) in [6, 6.07) is 0. The summed E-state index contributed by atoms with van der Waals surface area (Å²) in [6.07, 6.45) is 7.33. The van der Waals surface area contributed by atoms with Gasteiger partial charge in [-0.25, -0.2) is 9.97 Å². The molecule has 6 nitrogen and oxygen atoms in total. The molecule has 0 radical (unpaired) electrons. The van der Waals surface area contributed by atoms with Gasteiger partial charge in [-0.1, -0.05) is 0 Å². The zero-order chi connectivity index (χ0) is 14.8. The maximum Gasteiger partial charge on any atom is 0.254 e. The predicted octanol–water partition coefficient (Wildman–Crippen LogP) is 1.81. The van der Waals surface area contributed by atoms with Gasteiger partial charge in [0.15, 0.2) is 0 Å². The van der Waals surface area contributed by atoms with Gasteiger partial charge in [0.2, 0.25) is 0 Å². The first-order chi connectivity index (χ1) is 10.2. The van der Waals surface area contributed by atoms with E-state index < -0.39 is 0 Å². The molecule has 1 saturated carbocycles. The molecule has 0 aliphatic heterocycles. The molecule has 2 aromatic heterocycles. The first kappa shape index (κ1) is 13.7. The topological polar surface area (TPSA) is 72.7 Å². The summed E-state index contributed by atoms with van der Waals surface area (Å²) < 4.78 is 1.91. The molecule has 2 aromatic rings. The molecular formula is C15H19N5O. The Morgan fingerprint density at radius 2 is 2.05 bits per heavy atom. The Bertz CT molecular complexity index is 643. The van der Waals surface area contributed by atoms with E-state index >= 15 is 0 Å². The second-order valence-corrected chi connectivity index (χ2v) is 5.36. The number of amides is 1. The number of carbonyl (C=O) groups excluding carboxylic acids is 1. The molecule has 0 bridgehead atoms. The number of aryl methyl sites for hydroxylation is 1. The van der Waals surface area contributed by atoms with Crippen molar-refractivity contribution < 1.29 is 4.79 Å². The number of nitrogens with one attached hydrogen (secondary N) is 1. The summed E-state index contributed by atoms with van der Waals surface area (Å²) in [5.74, 6) is 1.21. The third-order valence-corrected chi connectivity index (χ3v) is 3.82. The maximum absolute atomic E-state index is 12.1. The van der Waals surface area contributed by atoms with Crippen LogP contribution in [0.1, 0.15) is 53.1 Å². The van der Waals surface area contributed by atoms with Gasteiger partial charge in [-0.2, -0.15) is 5.10 Å². The molecule has 110 valence electrons. The zero-order valence-electron chi connectivity index (χ0n) is 12.3. The second-order valence-electron chi connectivity index (χ2n) is 5.36. The van der Waals surface area contributed by atoms with E-state index in [9.17, 15) is 4.79 Å². The molecule has 1 aliphatic carbocycles. The lowest BCUT2D eigenvalue weighted by molar-refractivity contribution is 0.0950. The Kier molecular flexibility index (Phi) is 3.68. The van der Waals surface area contributed by atoms with Crippen LogP contribution in [0.3, 0.4) is 0 Å². The first-order valence-corrected chi connectivity index (χ1v) is 7.30. The van der Waals surface area contributed by atoms with E-state index in [1.807, 2.05) is 18.5 Å². The van der Waals surface area contributed by atoms with Gasteiger partial charge in [0.1, 0.15) is 5.82 Å². The fourth-order valence-corrected chi connectivity index (χ4v) is 2.26. The van der Waals surface area contributed by atoms with Crippen LogP contribution in [0.25, 0.3) is 0 Å². The van der Waals surface area contributed by atoms with E-state index in [0.29, 0.717) is 18.0 Å². The second kappa shape index (κ2) is 5.63. The van der Waals surface area contributed by atoms with Crippen LogP contribution in [0.4, 0.5) is 0 Å². The van der Waals surface area contributed by atoms with Gasteiger partial charge in [-0.05, 0) is 26.7 Å². The Hall–Kier alpha value is -2.24. The van der Waals surface area contributed by atoms with Crippen molar-refractivity contribution in [2.24, 2.45) is 0 Å². The lowest BCUT2D eigenvalue weighted by Gasteiger charge is -2.05. The van der Waals surface area contributed by atoms with Crippen LogP contribution in [-0.2, 0) is 13.1 Å². The van der Waals surface area contributed by atoms with Gasteiger partial charge in [0, 0.05) is 42.7 Å². The highest BCUT2D eigenvalue weighted by Crippen LogP contribution is 2.37. The maximum atomic E-state index is 12.1. The number of rotatable bonds is 5. The quantitative estimate of drug-likeness (QED) is 0.909. The van der Waals surface area contributed by atoms with Gasteiger partial charge in [0.05, 0.1) is 11.8 Å². The highest BCUT2D eigenvalue weighted by atomic mass is 16.1. The van der Waals surface area contributed by atoms with Crippen LogP contribution < -0.4 is 5.32 Å². The van der Waals surface area contributed by atoms with E-state index in [-0.39, 0.29) is 5.91 Å². The summed E-state index contributed by atoms with van der Waals surface area (Å²) in [7, 11) is 0. The average molecular weight is 285 g/mol. The summed E-state index contributed by atoms with van der Waals surface area (Å²) in [4.78, 5) is 20.6. The van der Waals surface area contributed by atoms with Crippen LogP contribution in [-0.4, -0.2) is 25.7 Å². The van der Waals surface area contributed by atoms with E-state index in [1.165, 1.54) is 0 Å². The van der Waals surface area contributed by atoms with Crippen LogP contribution in [0, 0.1) is 6.92 Å². The van der Waals surface area contributed by atoms with Crippen LogP contribution in [0.5, 0.6) is 0 Å². The molecule has 0 unspecified atom stereocenters. The van der Waals surface area contributed by atoms with Gasteiger partial charge < -0.3 is 5.32 Å². The standard InChI is InChI=1S/C15H19N5O/c1-3-20-10(2)12(9-19-20)6-18-15(21)13-7-16-14(17-8-13)11-4-5-11/h7-9,11H,3-6H2,1-2H3,(H,18,21). The van der Waals surface area contributed by atoms with Crippen molar-refractivity contribution in [2.75, 3.05) is 0 Å². The van der Waals surface area contributed by atoms with Crippen LogP contribution in [0.15, 0.2) is 18.6 Å². The normalized spacial score (nSPS) is 14.2. The molecule has 0 spiro atoms. The molecule has 3 rings (SSSR count). The Morgan fingerprint density at radius 1 is 1.33 bits per heavy atom. The minimum atomic E-state index is -0.152. The fourth-order valence-electron chi connectivity index (χ4n) is 2.26. The van der Waals surface area contributed by atoms with Crippen molar-refractivity contribution in [3.63, 3.8) is 0 Å². The van der Waals surface area contributed by atoms with Crippen molar-refractivity contribution >= 4 is 5.91 Å². The summed E-state index contributed by atoms with van der Waals surface area (Å²) in [6.45, 7) is 5.35. The minimum Gasteiger partial charge on any atom is -0.348 e. The van der Waals surface area contributed by atoms with E-state index in [4.69, 9.17) is 0 Å². The van der Waals surface area contributed by atoms with Crippen molar-refractivity contribution in [2.45, 2.75) is 45.7 Å². The monoisotopic (exact) mass is 285 g/mol. The summed E-state index contributed by atoms with van der Waals surface area (Å²) in [5, 5.41) is 7.15. The van der Waals surface area contributed by atoms with Gasteiger partial charge in [0.25, 0.3) is 5.91 Å². The van der Waals surface area contributed by atoms with E-state index in [2.05, 4.69) is 20.4 Å². The largest absolute Gasteiger partial charge is 0.348 e. The van der Waals surface area contributed by atoms with Gasteiger partial charge in [-0.15, -0.1) is 0 Å². The predicted molar refractivity (Wildman–Crippen MR) is 77.8 cm³/mol. The van der Waals surface area contributed by atoms with Gasteiger partial charge >= 0.3 is 0 Å². The highest BCUT2D eigenvalue weighted by Gasteiger charge is 2.26. The molecule has 1 fully saturated rings. The highest BCUT2D eigenvalue weighted by molar-refractivity contribution is 5.93. The molecule has 1 aliphatic rings. The number of hydrogen-bond acceptors (Lipinski definition) is 4. The van der Waals surface area contributed by atoms with Crippen molar-refractivity contribution in [3.8, 4) is 0 Å². The molecule has 0 saturated heterocycles. The number of hydrogen-bond donors (Lipinski definition) is 1. The lowest BCUT2D eigenvalue weighted by Crippen LogP contribution is -2.23. The summed E-state index contributed by atoms with van der Waals surface area (Å²) in [5.41, 5.74) is 2.61. The van der Waals surface area contributed by atoms with Crippen molar-refractivity contribution in [1.82, 2.24) is 25.1 Å². The molecule has 21 heavy (non-hydrogen) atoms. The Balaban J connectivity index is 1.61. The SMILES string of the molecule is CCn1ncc(CNC(=O)c2cnc(C3CC3)nc2)c1C. The van der Waals surface area contributed by atoms with Gasteiger partial charge in [-0.3, -0.25) is 9.48 Å². The fraction of sp³-hybridized carbons (Fsp3) is 0.467. The molecular weight excluding hydrogens is 266 g/mol. The van der Waals surface area contributed by atoms with Crippen molar-refractivity contribution in [1.29, 1.82) is 0 Å². The number of carbonyl (C=O) groups is 1. The smallest absolute Gasteiger partial charge is 0.254 e. The minimum absolute atomic E-state index is 0.152. The number of aromatic nitrogens is 4. The summed E-state index contributed by atoms with van der Waals surface area (Å²) >= 11 is 0. The lowest BCUT2D eigenvalue weighted by atomic mass is 10.2. The molecule has 1 N–H and O–H groups in total. The van der Waals surface area contributed by atoms with Crippen molar-refractivity contribution in [3.05, 3.63) is 41.2 Å². The number of nitrogens with zero attached hydrogens (tertiary/aromatic N) is 4. The van der Waals surface area contributed by atoms with Crippen LogP contribution in [0.2, 0.25) is 0 Å². The average Bonchev–Trinajstić information content (AvgIpc) is 3.30. The van der Waals surface area contributed by atoms with Crippen LogP contribution >= 0.6 is 0 Å².